The highest BCUT2D eigenvalue weighted by Crippen LogP contribution is 2.12. The summed E-state index contributed by atoms with van der Waals surface area (Å²) in [5.41, 5.74) is 0.879. The lowest BCUT2D eigenvalue weighted by molar-refractivity contribution is 0.0691. The van der Waals surface area contributed by atoms with Crippen LogP contribution in [-0.2, 0) is 6.42 Å². The van der Waals surface area contributed by atoms with E-state index in [1.165, 1.54) is 12.3 Å². The second-order valence-electron chi connectivity index (χ2n) is 3.47. The summed E-state index contributed by atoms with van der Waals surface area (Å²) in [5, 5.41) is 16.2. The summed E-state index contributed by atoms with van der Waals surface area (Å²) in [6.45, 7) is 0.302. The molecule has 2 aromatic rings. The predicted octanol–water partition coefficient (Wildman–Crippen LogP) is 1.19. The Hall–Kier alpha value is -2.50. The number of hydrogen-bond donors (Lipinski definition) is 1. The van der Waals surface area contributed by atoms with Crippen molar-refractivity contribution in [1.29, 1.82) is 0 Å². The summed E-state index contributed by atoms with van der Waals surface area (Å²) in [5.74, 6) is -1.06. The molecule has 0 radical (unpaired) electrons. The highest BCUT2D eigenvalue weighted by Gasteiger charge is 2.12. The first-order chi connectivity index (χ1) is 8.77. The molecule has 0 aliphatic heterocycles. The van der Waals surface area contributed by atoms with Crippen molar-refractivity contribution in [2.75, 3.05) is 6.61 Å². The van der Waals surface area contributed by atoms with Crippen molar-refractivity contribution in [3.8, 4) is 5.88 Å². The van der Waals surface area contributed by atoms with Crippen LogP contribution in [0.2, 0.25) is 0 Å². The van der Waals surface area contributed by atoms with E-state index in [0.29, 0.717) is 13.0 Å². The Morgan fingerprint density at radius 2 is 2.17 bits per heavy atom. The third-order valence-corrected chi connectivity index (χ3v) is 2.24. The van der Waals surface area contributed by atoms with Gasteiger partial charge in [0.2, 0.25) is 5.88 Å². The van der Waals surface area contributed by atoms with E-state index in [2.05, 4.69) is 15.2 Å². The van der Waals surface area contributed by atoms with E-state index in [1.54, 1.807) is 6.20 Å². The molecule has 0 aromatic carbocycles. The first-order valence-electron chi connectivity index (χ1n) is 5.35. The molecule has 0 bridgehead atoms. The summed E-state index contributed by atoms with van der Waals surface area (Å²) < 4.78 is 5.31. The van der Waals surface area contributed by atoms with Crippen LogP contribution in [0.3, 0.4) is 0 Å². The number of aromatic nitrogens is 3. The fraction of sp³-hybridized carbons (Fsp3) is 0.167. The van der Waals surface area contributed by atoms with Gasteiger partial charge >= 0.3 is 5.97 Å². The van der Waals surface area contributed by atoms with Crippen molar-refractivity contribution < 1.29 is 14.6 Å². The summed E-state index contributed by atoms with van der Waals surface area (Å²) >= 11 is 0. The summed E-state index contributed by atoms with van der Waals surface area (Å²) in [6, 6.07) is 6.94. The van der Waals surface area contributed by atoms with Gasteiger partial charge in [0.15, 0.2) is 0 Å². The Balaban J connectivity index is 1.97. The zero-order valence-corrected chi connectivity index (χ0v) is 9.48. The van der Waals surface area contributed by atoms with Crippen LogP contribution in [0.5, 0.6) is 5.88 Å². The molecule has 0 aliphatic rings. The predicted molar refractivity (Wildman–Crippen MR) is 62.4 cm³/mol. The summed E-state index contributed by atoms with van der Waals surface area (Å²) in [6.07, 6.45) is 3.59. The van der Waals surface area contributed by atoms with Crippen molar-refractivity contribution in [3.63, 3.8) is 0 Å². The number of rotatable bonds is 5. The fourth-order valence-corrected chi connectivity index (χ4v) is 1.39. The molecule has 92 valence electrons. The average molecular weight is 245 g/mol. The van der Waals surface area contributed by atoms with Gasteiger partial charge in [0.05, 0.1) is 12.8 Å². The van der Waals surface area contributed by atoms with Crippen LogP contribution >= 0.6 is 0 Å². The Bertz CT molecular complexity index is 531. The molecule has 6 nitrogen and oxygen atoms in total. The number of nitrogens with zero attached hydrogens (tertiary/aromatic N) is 3. The van der Waals surface area contributed by atoms with Gasteiger partial charge in [-0.2, -0.15) is 5.10 Å². The number of carboxylic acids is 1. The van der Waals surface area contributed by atoms with Gasteiger partial charge < -0.3 is 9.84 Å². The highest BCUT2D eigenvalue weighted by atomic mass is 16.5. The van der Waals surface area contributed by atoms with E-state index in [1.807, 2.05) is 18.2 Å². The van der Waals surface area contributed by atoms with E-state index >= 15 is 0 Å². The van der Waals surface area contributed by atoms with Gasteiger partial charge in [0.1, 0.15) is 5.56 Å². The van der Waals surface area contributed by atoms with Gasteiger partial charge in [-0.25, -0.2) is 4.79 Å². The molecule has 6 heteroatoms. The number of carbonyl (C=O) groups is 1. The van der Waals surface area contributed by atoms with Gasteiger partial charge in [0.25, 0.3) is 0 Å². The average Bonchev–Trinajstić information content (AvgIpc) is 2.40. The monoisotopic (exact) mass is 245 g/mol. The molecule has 2 aromatic heterocycles. The Kier molecular flexibility index (Phi) is 3.80. The second kappa shape index (κ2) is 5.72. The normalized spacial score (nSPS) is 10.0. The molecule has 2 heterocycles. The van der Waals surface area contributed by atoms with Crippen LogP contribution in [0.15, 0.2) is 36.7 Å². The van der Waals surface area contributed by atoms with Crippen molar-refractivity contribution in [3.05, 3.63) is 47.9 Å². The van der Waals surface area contributed by atoms with Gasteiger partial charge in [-0.05, 0) is 18.2 Å². The molecule has 2 rings (SSSR count). The fourth-order valence-electron chi connectivity index (χ4n) is 1.39. The number of ether oxygens (including phenoxy) is 1. The topological polar surface area (TPSA) is 85.2 Å². The third-order valence-electron chi connectivity index (χ3n) is 2.24. The molecule has 0 atom stereocenters. The molecule has 0 fully saturated rings. The van der Waals surface area contributed by atoms with E-state index in [-0.39, 0.29) is 11.4 Å². The molecule has 1 N–H and O–H groups in total. The van der Waals surface area contributed by atoms with Gasteiger partial charge in [0, 0.05) is 18.3 Å². The SMILES string of the molecule is O=C(O)c1ccnnc1OCCc1ccccn1. The molecule has 0 saturated heterocycles. The molecule has 0 aliphatic carbocycles. The lowest BCUT2D eigenvalue weighted by Gasteiger charge is -2.06. The van der Waals surface area contributed by atoms with Crippen LogP contribution in [0, 0.1) is 0 Å². The summed E-state index contributed by atoms with van der Waals surface area (Å²) in [7, 11) is 0. The van der Waals surface area contributed by atoms with Crippen LogP contribution in [0.1, 0.15) is 16.1 Å². The van der Waals surface area contributed by atoms with Crippen molar-refractivity contribution >= 4 is 5.97 Å². The van der Waals surface area contributed by atoms with E-state index in [0.717, 1.165) is 5.69 Å². The molecule has 0 amide bonds. The van der Waals surface area contributed by atoms with Crippen molar-refractivity contribution in [2.24, 2.45) is 0 Å². The van der Waals surface area contributed by atoms with Gasteiger partial charge in [-0.3, -0.25) is 4.98 Å². The second-order valence-corrected chi connectivity index (χ2v) is 3.47. The van der Waals surface area contributed by atoms with Gasteiger partial charge in [-0.15, -0.1) is 5.10 Å². The van der Waals surface area contributed by atoms with E-state index in [9.17, 15) is 4.79 Å². The van der Waals surface area contributed by atoms with Crippen molar-refractivity contribution in [1.82, 2.24) is 15.2 Å². The first-order valence-corrected chi connectivity index (χ1v) is 5.35. The molecule has 0 unspecified atom stereocenters. The molecule has 0 spiro atoms. The minimum Gasteiger partial charge on any atom is -0.477 e. The number of hydrogen-bond acceptors (Lipinski definition) is 5. The lowest BCUT2D eigenvalue weighted by atomic mass is 10.3. The smallest absolute Gasteiger partial charge is 0.341 e. The van der Waals surface area contributed by atoms with E-state index in [4.69, 9.17) is 9.84 Å². The molecule has 18 heavy (non-hydrogen) atoms. The van der Waals surface area contributed by atoms with Crippen LogP contribution in [0.4, 0.5) is 0 Å². The third kappa shape index (κ3) is 3.00. The maximum Gasteiger partial charge on any atom is 0.341 e. The Morgan fingerprint density at radius 3 is 2.89 bits per heavy atom. The zero-order valence-electron chi connectivity index (χ0n) is 9.48. The number of carboxylic acid groups (broad SMARTS) is 1. The van der Waals surface area contributed by atoms with Gasteiger partial charge in [-0.1, -0.05) is 6.07 Å². The summed E-state index contributed by atoms with van der Waals surface area (Å²) in [4.78, 5) is 15.0. The maximum atomic E-state index is 10.9. The minimum atomic E-state index is -1.09. The lowest BCUT2D eigenvalue weighted by Crippen LogP contribution is -2.09. The number of aromatic carboxylic acids is 1. The quantitative estimate of drug-likeness (QED) is 0.851. The van der Waals surface area contributed by atoms with Crippen LogP contribution in [-0.4, -0.2) is 32.9 Å². The van der Waals surface area contributed by atoms with Crippen molar-refractivity contribution in [2.45, 2.75) is 6.42 Å². The Morgan fingerprint density at radius 1 is 1.28 bits per heavy atom. The zero-order chi connectivity index (χ0) is 12.8. The maximum absolute atomic E-state index is 10.9. The van der Waals surface area contributed by atoms with Crippen LogP contribution < -0.4 is 4.74 Å². The first kappa shape index (κ1) is 12.0. The largest absolute Gasteiger partial charge is 0.477 e. The molecular formula is C12H11N3O3. The minimum absolute atomic E-state index is 0.00557. The van der Waals surface area contributed by atoms with Crippen LogP contribution in [0.25, 0.3) is 0 Å². The molecular weight excluding hydrogens is 234 g/mol. The highest BCUT2D eigenvalue weighted by molar-refractivity contribution is 5.89. The number of pyridine rings is 1. The standard InChI is InChI=1S/C12H11N3O3/c16-12(17)10-4-7-14-15-11(10)18-8-5-9-3-1-2-6-13-9/h1-4,6-7H,5,8H2,(H,16,17). The molecule has 0 saturated carbocycles. The Labute approximate surface area is 103 Å². The van der Waals surface area contributed by atoms with E-state index < -0.39 is 5.97 Å².